The number of methoxy groups -OCH3 is 1. The van der Waals surface area contributed by atoms with Crippen molar-refractivity contribution in [2.45, 2.75) is 51.1 Å². The van der Waals surface area contributed by atoms with Crippen LogP contribution in [0.5, 0.6) is 11.5 Å². The van der Waals surface area contributed by atoms with Crippen molar-refractivity contribution in [2.75, 3.05) is 12.0 Å². The van der Waals surface area contributed by atoms with Crippen LogP contribution in [-0.2, 0) is 11.2 Å². The minimum Gasteiger partial charge on any atom is -0.456 e. The first-order valence-electron chi connectivity index (χ1n) is 10.7. The second-order valence-corrected chi connectivity index (χ2v) is 8.29. The largest absolute Gasteiger partial charge is 0.456 e. The molecular weight excluding hydrogens is 397 g/mol. The van der Waals surface area contributed by atoms with E-state index in [4.69, 9.17) is 9.47 Å². The van der Waals surface area contributed by atoms with E-state index in [-0.39, 0.29) is 11.9 Å². The van der Waals surface area contributed by atoms with E-state index in [9.17, 15) is 9.50 Å². The lowest BCUT2D eigenvalue weighted by Crippen LogP contribution is -2.46. The van der Waals surface area contributed by atoms with Crippen molar-refractivity contribution >= 4 is 5.69 Å². The maximum atomic E-state index is 13.4. The van der Waals surface area contributed by atoms with E-state index >= 15 is 0 Å². The normalized spacial score (nSPS) is 19.2. The van der Waals surface area contributed by atoms with Gasteiger partial charge in [0.05, 0.1) is 12.2 Å². The van der Waals surface area contributed by atoms with Crippen molar-refractivity contribution in [2.24, 2.45) is 0 Å². The van der Waals surface area contributed by atoms with Gasteiger partial charge in [-0.15, -0.1) is 0 Å². The molecule has 1 unspecified atom stereocenters. The van der Waals surface area contributed by atoms with Gasteiger partial charge < -0.3 is 19.5 Å². The summed E-state index contributed by atoms with van der Waals surface area (Å²) in [7, 11) is 1.49. The van der Waals surface area contributed by atoms with E-state index in [2.05, 4.69) is 18.2 Å². The van der Waals surface area contributed by atoms with E-state index < -0.39 is 6.41 Å². The van der Waals surface area contributed by atoms with Crippen LogP contribution in [0.3, 0.4) is 0 Å². The second kappa shape index (κ2) is 7.98. The number of fused-ring (bicyclic) bond motifs is 1. The first-order chi connectivity index (χ1) is 15.0. The summed E-state index contributed by atoms with van der Waals surface area (Å²) in [5.41, 5.74) is 3.78. The highest BCUT2D eigenvalue weighted by molar-refractivity contribution is 5.78. The van der Waals surface area contributed by atoms with Crippen molar-refractivity contribution in [3.05, 3.63) is 60.2 Å². The van der Waals surface area contributed by atoms with Crippen LogP contribution < -0.4 is 9.64 Å². The fourth-order valence-electron chi connectivity index (χ4n) is 4.26. The number of aromatic nitrogens is 2. The van der Waals surface area contributed by atoms with E-state index in [1.54, 1.807) is 12.1 Å². The first kappa shape index (κ1) is 20.0. The molecule has 2 heterocycles. The molecule has 1 fully saturated rings. The number of hydrogen-bond acceptors (Lipinski definition) is 5. The van der Waals surface area contributed by atoms with Gasteiger partial charge in [0.2, 0.25) is 6.41 Å². The fraction of sp³-hybridized carbons (Fsp3) is 0.375. The summed E-state index contributed by atoms with van der Waals surface area (Å²) >= 11 is 0. The zero-order valence-corrected chi connectivity index (χ0v) is 17.7. The Morgan fingerprint density at radius 3 is 2.61 bits per heavy atom. The number of hydrogen-bond donors (Lipinski definition) is 1. The molecule has 2 aromatic carbocycles. The van der Waals surface area contributed by atoms with Crippen LogP contribution in [-0.4, -0.2) is 34.5 Å². The Bertz CT molecular complexity index is 1080. The smallest absolute Gasteiger partial charge is 0.237 e. The quantitative estimate of drug-likeness (QED) is 0.573. The maximum absolute atomic E-state index is 13.4. The molecule has 0 radical (unpaired) electrons. The van der Waals surface area contributed by atoms with Crippen molar-refractivity contribution in [1.82, 2.24) is 9.78 Å². The lowest BCUT2D eigenvalue weighted by molar-refractivity contribution is -0.0795. The van der Waals surface area contributed by atoms with Gasteiger partial charge in [0, 0.05) is 41.7 Å². The first-order valence-corrected chi connectivity index (χ1v) is 10.7. The third kappa shape index (κ3) is 3.79. The van der Waals surface area contributed by atoms with Gasteiger partial charge in [-0.25, -0.2) is 4.39 Å². The molecule has 162 valence electrons. The Morgan fingerprint density at radius 2 is 1.90 bits per heavy atom. The van der Waals surface area contributed by atoms with Gasteiger partial charge in [-0.1, -0.05) is 0 Å². The third-order valence-corrected chi connectivity index (χ3v) is 6.12. The Hall–Kier alpha value is -2.90. The van der Waals surface area contributed by atoms with E-state index in [0.717, 1.165) is 48.1 Å². The number of benzene rings is 2. The van der Waals surface area contributed by atoms with Gasteiger partial charge in [-0.2, -0.15) is 5.10 Å². The van der Waals surface area contributed by atoms with Crippen LogP contribution in [0.15, 0.2) is 48.8 Å². The highest BCUT2D eigenvalue weighted by Crippen LogP contribution is 2.45. The van der Waals surface area contributed by atoms with Gasteiger partial charge in [0.15, 0.2) is 0 Å². The molecule has 3 aromatic rings. The minimum atomic E-state index is -1.05. The average Bonchev–Trinajstić information content (AvgIpc) is 3.52. The monoisotopic (exact) mass is 423 g/mol. The summed E-state index contributed by atoms with van der Waals surface area (Å²) in [6, 6.07) is 10.6. The molecule has 1 saturated carbocycles. The molecule has 1 aliphatic heterocycles. The van der Waals surface area contributed by atoms with Crippen molar-refractivity contribution in [3.8, 4) is 22.6 Å². The van der Waals surface area contributed by atoms with Crippen LogP contribution in [0.2, 0.25) is 0 Å². The molecule has 0 spiro atoms. The van der Waals surface area contributed by atoms with Crippen LogP contribution in [0.4, 0.5) is 10.1 Å². The number of nitrogens with zero attached hydrogens (tertiary/aromatic N) is 3. The topological polar surface area (TPSA) is 59.8 Å². The molecule has 0 amide bonds. The summed E-state index contributed by atoms with van der Waals surface area (Å²) in [6.07, 6.45) is 6.84. The lowest BCUT2D eigenvalue weighted by Gasteiger charge is -2.40. The standard InChI is InChI=1S/C24H26FN3O3/c1-15-3-10-21-22(28(15)24(29)30-2)12-11-20(16-13-26-27(14-16)18-6-7-18)23(21)31-19-8-4-17(25)5-9-19/h4-5,8-9,11-15,18,24,29H,3,6-7,10H2,1-2H3/t15-,24?/m0/s1. The maximum Gasteiger partial charge on any atom is 0.237 e. The zero-order chi connectivity index (χ0) is 21.5. The Balaban J connectivity index is 1.62. The molecular formula is C24H26FN3O3. The summed E-state index contributed by atoms with van der Waals surface area (Å²) in [5.74, 6) is 0.958. The SMILES string of the molecule is COC(O)N1c2ccc(-c3cnn(C4CC4)c3)c(Oc3ccc(F)cc3)c2CC[C@@H]1C. The van der Waals surface area contributed by atoms with Gasteiger partial charge in [0.1, 0.15) is 17.3 Å². The predicted molar refractivity (Wildman–Crippen MR) is 116 cm³/mol. The van der Waals surface area contributed by atoms with E-state index in [1.807, 2.05) is 27.9 Å². The molecule has 2 atom stereocenters. The Labute approximate surface area is 180 Å². The number of anilines is 1. The molecule has 6 nitrogen and oxygen atoms in total. The number of aliphatic hydroxyl groups is 1. The van der Waals surface area contributed by atoms with E-state index in [0.29, 0.717) is 17.5 Å². The summed E-state index contributed by atoms with van der Waals surface area (Å²) in [4.78, 5) is 1.87. The number of rotatable bonds is 6. The van der Waals surface area contributed by atoms with E-state index in [1.165, 1.54) is 19.2 Å². The highest BCUT2D eigenvalue weighted by Gasteiger charge is 2.32. The molecule has 1 aromatic heterocycles. The summed E-state index contributed by atoms with van der Waals surface area (Å²) in [5, 5.41) is 15.0. The van der Waals surface area contributed by atoms with Gasteiger partial charge in [-0.05, 0) is 69.0 Å². The predicted octanol–water partition coefficient (Wildman–Crippen LogP) is 4.88. The summed E-state index contributed by atoms with van der Waals surface area (Å²) in [6.45, 7) is 2.07. The van der Waals surface area contributed by atoms with Crippen molar-refractivity contribution in [1.29, 1.82) is 0 Å². The average molecular weight is 423 g/mol. The van der Waals surface area contributed by atoms with Crippen LogP contribution >= 0.6 is 0 Å². The number of aliphatic hydroxyl groups excluding tert-OH is 1. The molecule has 0 bridgehead atoms. The number of ether oxygens (including phenoxy) is 2. The molecule has 1 N–H and O–H groups in total. The van der Waals surface area contributed by atoms with Gasteiger partial charge in [0.25, 0.3) is 0 Å². The van der Waals surface area contributed by atoms with Crippen molar-refractivity contribution in [3.63, 3.8) is 0 Å². The molecule has 0 saturated heterocycles. The van der Waals surface area contributed by atoms with Gasteiger partial charge in [-0.3, -0.25) is 4.68 Å². The van der Waals surface area contributed by atoms with Crippen LogP contribution in [0, 0.1) is 5.82 Å². The Morgan fingerprint density at radius 1 is 1.13 bits per heavy atom. The second-order valence-electron chi connectivity index (χ2n) is 8.29. The Kier molecular flexibility index (Phi) is 5.16. The van der Waals surface area contributed by atoms with Gasteiger partial charge >= 0.3 is 0 Å². The number of halogens is 1. The fourth-order valence-corrected chi connectivity index (χ4v) is 4.26. The molecule has 1 aliphatic carbocycles. The molecule has 5 rings (SSSR count). The molecule has 2 aliphatic rings. The minimum absolute atomic E-state index is 0.115. The van der Waals surface area contributed by atoms with Crippen LogP contribution in [0.25, 0.3) is 11.1 Å². The van der Waals surface area contributed by atoms with Crippen LogP contribution in [0.1, 0.15) is 37.8 Å². The molecule has 31 heavy (non-hydrogen) atoms. The zero-order valence-electron chi connectivity index (χ0n) is 17.7. The molecule has 7 heteroatoms. The lowest BCUT2D eigenvalue weighted by atomic mass is 9.92. The summed E-state index contributed by atoms with van der Waals surface area (Å²) < 4.78 is 27.0. The van der Waals surface area contributed by atoms with Crippen molar-refractivity contribution < 1.29 is 19.0 Å². The highest BCUT2D eigenvalue weighted by atomic mass is 19.1. The third-order valence-electron chi connectivity index (χ3n) is 6.12.